The molecule has 3 rings (SSSR count). The first-order chi connectivity index (χ1) is 12.0. The fourth-order valence-corrected chi connectivity index (χ4v) is 3.93. The fourth-order valence-electron chi connectivity index (χ4n) is 3.93. The highest BCUT2D eigenvalue weighted by Crippen LogP contribution is 2.28. The Morgan fingerprint density at radius 1 is 1.24 bits per heavy atom. The summed E-state index contributed by atoms with van der Waals surface area (Å²) in [4.78, 5) is 26.2. The molecular formula is C19H24N4O2. The van der Waals surface area contributed by atoms with Crippen LogP contribution in [0.4, 0.5) is 0 Å². The zero-order valence-corrected chi connectivity index (χ0v) is 14.3. The Labute approximate surface area is 148 Å². The molecule has 1 heterocycles. The monoisotopic (exact) mass is 340 g/mol. The van der Waals surface area contributed by atoms with Crippen molar-refractivity contribution in [1.29, 1.82) is 5.26 Å². The van der Waals surface area contributed by atoms with Gasteiger partial charge < -0.3 is 11.1 Å². The van der Waals surface area contributed by atoms with E-state index in [2.05, 4.69) is 11.4 Å². The van der Waals surface area contributed by atoms with E-state index >= 15 is 0 Å². The van der Waals surface area contributed by atoms with E-state index in [9.17, 15) is 14.9 Å². The first kappa shape index (κ1) is 17.4. The summed E-state index contributed by atoms with van der Waals surface area (Å²) in [6.07, 6.45) is 4.91. The van der Waals surface area contributed by atoms with Crippen LogP contribution in [-0.4, -0.2) is 34.8 Å². The number of fused-ring (bicyclic) bond motifs is 1. The Morgan fingerprint density at radius 2 is 1.92 bits per heavy atom. The molecule has 1 atom stereocenters. The second-order valence-corrected chi connectivity index (χ2v) is 7.10. The molecule has 2 amide bonds. The molecule has 6 nitrogen and oxygen atoms in total. The standard InChI is InChI=1S/C19H24N4O2/c20-13-19(8-4-1-5-9-19)22-17(24)12-23-11-15-7-3-2-6-14(15)10-16(23)18(21)25/h2-3,6-7,16H,1,4-5,8-12H2,(H2,21,25)(H,22,24). The molecule has 0 bridgehead atoms. The number of nitrogens with zero attached hydrogens (tertiary/aromatic N) is 2. The van der Waals surface area contributed by atoms with Crippen LogP contribution in [0.3, 0.4) is 0 Å². The summed E-state index contributed by atoms with van der Waals surface area (Å²) < 4.78 is 0. The van der Waals surface area contributed by atoms with E-state index in [4.69, 9.17) is 5.73 Å². The van der Waals surface area contributed by atoms with Crippen molar-refractivity contribution in [1.82, 2.24) is 10.2 Å². The van der Waals surface area contributed by atoms with Crippen LogP contribution in [0.15, 0.2) is 24.3 Å². The molecule has 0 aromatic heterocycles. The minimum absolute atomic E-state index is 0.0748. The third kappa shape index (κ3) is 3.83. The van der Waals surface area contributed by atoms with Crippen LogP contribution in [0.5, 0.6) is 0 Å². The Morgan fingerprint density at radius 3 is 2.56 bits per heavy atom. The van der Waals surface area contributed by atoms with Gasteiger partial charge in [-0.1, -0.05) is 43.5 Å². The topological polar surface area (TPSA) is 99.2 Å². The molecule has 1 aromatic rings. The van der Waals surface area contributed by atoms with Crippen molar-refractivity contribution in [2.45, 2.75) is 56.7 Å². The highest BCUT2D eigenvalue weighted by molar-refractivity contribution is 5.83. The maximum atomic E-state index is 12.6. The van der Waals surface area contributed by atoms with Crippen molar-refractivity contribution in [3.05, 3.63) is 35.4 Å². The van der Waals surface area contributed by atoms with Crippen LogP contribution in [0, 0.1) is 11.3 Å². The lowest BCUT2D eigenvalue weighted by Gasteiger charge is -2.36. The highest BCUT2D eigenvalue weighted by Gasteiger charge is 2.36. The molecule has 25 heavy (non-hydrogen) atoms. The van der Waals surface area contributed by atoms with Crippen molar-refractivity contribution >= 4 is 11.8 Å². The molecule has 1 aliphatic heterocycles. The Hall–Kier alpha value is -2.39. The first-order valence-corrected chi connectivity index (χ1v) is 8.85. The van der Waals surface area contributed by atoms with Crippen LogP contribution in [-0.2, 0) is 22.6 Å². The van der Waals surface area contributed by atoms with Crippen LogP contribution >= 0.6 is 0 Å². The van der Waals surface area contributed by atoms with E-state index in [1.54, 1.807) is 0 Å². The lowest BCUT2D eigenvalue weighted by Crippen LogP contribution is -2.55. The van der Waals surface area contributed by atoms with Gasteiger partial charge in [-0.2, -0.15) is 5.26 Å². The molecular weight excluding hydrogens is 316 g/mol. The number of carbonyl (C=O) groups is 2. The molecule has 6 heteroatoms. The Kier molecular flexibility index (Phi) is 5.05. The Balaban J connectivity index is 1.71. The van der Waals surface area contributed by atoms with Gasteiger partial charge in [0.15, 0.2) is 0 Å². The number of rotatable bonds is 4. The van der Waals surface area contributed by atoms with Gasteiger partial charge in [0, 0.05) is 6.54 Å². The van der Waals surface area contributed by atoms with Crippen LogP contribution in [0.2, 0.25) is 0 Å². The third-order valence-electron chi connectivity index (χ3n) is 5.32. The zero-order valence-electron chi connectivity index (χ0n) is 14.3. The van der Waals surface area contributed by atoms with Gasteiger partial charge >= 0.3 is 0 Å². The maximum Gasteiger partial charge on any atom is 0.235 e. The van der Waals surface area contributed by atoms with E-state index in [0.717, 1.165) is 30.4 Å². The number of nitrogens with one attached hydrogen (secondary N) is 1. The minimum atomic E-state index is -0.759. The van der Waals surface area contributed by atoms with Crippen molar-refractivity contribution in [2.24, 2.45) is 5.73 Å². The summed E-state index contributed by atoms with van der Waals surface area (Å²) >= 11 is 0. The summed E-state index contributed by atoms with van der Waals surface area (Å²) in [5.74, 6) is -0.635. The highest BCUT2D eigenvalue weighted by atomic mass is 16.2. The van der Waals surface area contributed by atoms with Crippen LogP contribution < -0.4 is 11.1 Å². The fraction of sp³-hybridized carbons (Fsp3) is 0.526. The van der Waals surface area contributed by atoms with E-state index < -0.39 is 17.5 Å². The van der Waals surface area contributed by atoms with Crippen LogP contribution in [0.25, 0.3) is 0 Å². The van der Waals surface area contributed by atoms with Crippen molar-refractivity contribution in [3.63, 3.8) is 0 Å². The van der Waals surface area contributed by atoms with Gasteiger partial charge in [-0.05, 0) is 30.4 Å². The Bertz CT molecular complexity index is 704. The average Bonchev–Trinajstić information content (AvgIpc) is 2.61. The molecule has 0 radical (unpaired) electrons. The summed E-state index contributed by atoms with van der Waals surface area (Å²) in [5, 5.41) is 12.4. The molecule has 1 saturated carbocycles. The lowest BCUT2D eigenvalue weighted by atomic mass is 9.83. The summed E-state index contributed by atoms with van der Waals surface area (Å²) in [6, 6.07) is 9.70. The van der Waals surface area contributed by atoms with Gasteiger partial charge in [0.25, 0.3) is 0 Å². The molecule has 0 saturated heterocycles. The van der Waals surface area contributed by atoms with E-state index in [0.29, 0.717) is 25.8 Å². The number of nitrogens with two attached hydrogens (primary N) is 1. The lowest BCUT2D eigenvalue weighted by molar-refractivity contribution is -0.128. The van der Waals surface area contributed by atoms with Crippen molar-refractivity contribution in [2.75, 3.05) is 6.54 Å². The number of benzene rings is 1. The summed E-state index contributed by atoms with van der Waals surface area (Å²) in [7, 11) is 0. The van der Waals surface area contributed by atoms with Gasteiger partial charge in [-0.15, -0.1) is 0 Å². The molecule has 2 aliphatic rings. The smallest absolute Gasteiger partial charge is 0.235 e. The zero-order chi connectivity index (χ0) is 17.9. The average molecular weight is 340 g/mol. The SMILES string of the molecule is N#CC1(NC(=O)CN2Cc3ccccc3CC2C(N)=O)CCCCC1. The molecule has 1 aliphatic carbocycles. The molecule has 1 fully saturated rings. The second kappa shape index (κ2) is 7.24. The maximum absolute atomic E-state index is 12.6. The largest absolute Gasteiger partial charge is 0.368 e. The minimum Gasteiger partial charge on any atom is -0.368 e. The third-order valence-corrected chi connectivity index (χ3v) is 5.32. The number of primary amides is 1. The first-order valence-electron chi connectivity index (χ1n) is 8.85. The van der Waals surface area contributed by atoms with Gasteiger partial charge in [-0.25, -0.2) is 0 Å². The van der Waals surface area contributed by atoms with Gasteiger partial charge in [-0.3, -0.25) is 14.5 Å². The van der Waals surface area contributed by atoms with Gasteiger partial charge in [0.05, 0.1) is 18.7 Å². The van der Waals surface area contributed by atoms with E-state index in [1.165, 1.54) is 0 Å². The number of amides is 2. The second-order valence-electron chi connectivity index (χ2n) is 7.10. The number of hydrogen-bond acceptors (Lipinski definition) is 4. The van der Waals surface area contributed by atoms with Crippen molar-refractivity contribution < 1.29 is 9.59 Å². The normalized spacial score (nSPS) is 22.4. The molecule has 132 valence electrons. The van der Waals surface area contributed by atoms with Crippen molar-refractivity contribution in [3.8, 4) is 6.07 Å². The molecule has 1 unspecified atom stereocenters. The number of hydrogen-bond donors (Lipinski definition) is 2. The van der Waals surface area contributed by atoms with Crippen LogP contribution in [0.1, 0.15) is 43.2 Å². The predicted molar refractivity (Wildman–Crippen MR) is 93.1 cm³/mol. The summed E-state index contributed by atoms with van der Waals surface area (Å²) in [6.45, 7) is 0.585. The quantitative estimate of drug-likeness (QED) is 0.861. The summed E-state index contributed by atoms with van der Waals surface area (Å²) in [5.41, 5.74) is 7.02. The van der Waals surface area contributed by atoms with E-state index in [-0.39, 0.29) is 12.5 Å². The number of nitriles is 1. The van der Waals surface area contributed by atoms with E-state index in [1.807, 2.05) is 29.2 Å². The van der Waals surface area contributed by atoms with Gasteiger partial charge in [0.1, 0.15) is 5.54 Å². The molecule has 0 spiro atoms. The molecule has 3 N–H and O–H groups in total. The van der Waals surface area contributed by atoms with Gasteiger partial charge in [0.2, 0.25) is 11.8 Å². The predicted octanol–water partition coefficient (Wildman–Crippen LogP) is 1.24. The number of carbonyl (C=O) groups excluding carboxylic acids is 2. The molecule has 1 aromatic carbocycles.